The largest absolute Gasteiger partial charge is 0.476 e. The summed E-state index contributed by atoms with van der Waals surface area (Å²) in [5.41, 5.74) is -0.319. The number of alkyl halides is 3. The molecule has 3 rings (SSSR count). The molecule has 1 heterocycles. The predicted molar refractivity (Wildman–Crippen MR) is 89.0 cm³/mol. The molecule has 8 heteroatoms. The van der Waals surface area contributed by atoms with Crippen LogP contribution >= 0.6 is 0 Å². The molecular formula is C18H15F3N2O3. The molecule has 5 nitrogen and oxygen atoms in total. The summed E-state index contributed by atoms with van der Waals surface area (Å²) in [6, 6.07) is 11.1. The fraction of sp³-hybridized carbons (Fsp3) is 0.222. The van der Waals surface area contributed by atoms with Crippen molar-refractivity contribution < 1.29 is 27.5 Å². The number of fused-ring (bicyclic) bond motifs is 1. The molecule has 0 saturated carbocycles. The minimum absolute atomic E-state index is 0.00154. The number of amides is 2. The van der Waals surface area contributed by atoms with Crippen LogP contribution in [0.2, 0.25) is 0 Å². The van der Waals surface area contributed by atoms with E-state index in [9.17, 15) is 22.8 Å². The Bertz CT molecular complexity index is 852. The normalized spacial score (nSPS) is 16.5. The van der Waals surface area contributed by atoms with Crippen LogP contribution in [0.1, 0.15) is 12.5 Å². The first-order chi connectivity index (χ1) is 12.3. The van der Waals surface area contributed by atoms with Gasteiger partial charge in [-0.15, -0.1) is 0 Å². The lowest BCUT2D eigenvalue weighted by molar-refractivity contribution is -0.137. The van der Waals surface area contributed by atoms with Crippen molar-refractivity contribution in [2.75, 3.05) is 16.8 Å². The van der Waals surface area contributed by atoms with Crippen molar-refractivity contribution in [2.45, 2.75) is 19.2 Å². The lowest BCUT2D eigenvalue weighted by Gasteiger charge is -2.33. The first kappa shape index (κ1) is 17.8. The van der Waals surface area contributed by atoms with E-state index in [4.69, 9.17) is 4.74 Å². The molecule has 0 saturated heterocycles. The Morgan fingerprint density at radius 3 is 2.58 bits per heavy atom. The summed E-state index contributed by atoms with van der Waals surface area (Å²) < 4.78 is 44.0. The number of anilines is 2. The van der Waals surface area contributed by atoms with Crippen LogP contribution in [0, 0.1) is 0 Å². The second-order valence-corrected chi connectivity index (χ2v) is 5.77. The number of nitrogens with zero attached hydrogens (tertiary/aromatic N) is 1. The van der Waals surface area contributed by atoms with Crippen molar-refractivity contribution in [3.63, 3.8) is 0 Å². The van der Waals surface area contributed by atoms with Crippen LogP contribution in [-0.4, -0.2) is 24.5 Å². The first-order valence-corrected chi connectivity index (χ1v) is 7.77. The highest BCUT2D eigenvalue weighted by atomic mass is 19.4. The van der Waals surface area contributed by atoms with Crippen LogP contribution in [0.15, 0.2) is 48.5 Å². The maximum absolute atomic E-state index is 12.8. The second-order valence-electron chi connectivity index (χ2n) is 5.77. The zero-order valence-electron chi connectivity index (χ0n) is 13.7. The van der Waals surface area contributed by atoms with Gasteiger partial charge in [0.1, 0.15) is 5.75 Å². The molecule has 0 unspecified atom stereocenters. The van der Waals surface area contributed by atoms with E-state index >= 15 is 0 Å². The monoisotopic (exact) mass is 364 g/mol. The zero-order chi connectivity index (χ0) is 18.9. The average molecular weight is 364 g/mol. The van der Waals surface area contributed by atoms with E-state index in [1.165, 1.54) is 24.0 Å². The molecule has 2 amide bonds. The molecule has 0 bridgehead atoms. The summed E-state index contributed by atoms with van der Waals surface area (Å²) in [5, 5.41) is 2.41. The van der Waals surface area contributed by atoms with Crippen LogP contribution in [0.3, 0.4) is 0 Å². The number of halogens is 3. The Morgan fingerprint density at radius 2 is 1.88 bits per heavy atom. The number of rotatable bonds is 2. The molecule has 136 valence electrons. The lowest BCUT2D eigenvalue weighted by atomic mass is 10.1. The number of carbonyl (C=O) groups excluding carboxylic acids is 2. The molecule has 0 aromatic heterocycles. The van der Waals surface area contributed by atoms with E-state index in [0.717, 1.165) is 12.1 Å². The minimum Gasteiger partial charge on any atom is -0.476 e. The lowest BCUT2D eigenvalue weighted by Crippen LogP contribution is -2.48. The van der Waals surface area contributed by atoms with Gasteiger partial charge in [-0.25, -0.2) is 0 Å². The number of nitrogens with one attached hydrogen (secondary N) is 1. The zero-order valence-corrected chi connectivity index (χ0v) is 13.7. The molecule has 1 aliphatic heterocycles. The highest BCUT2D eigenvalue weighted by Gasteiger charge is 2.33. The predicted octanol–water partition coefficient (Wildman–Crippen LogP) is 3.46. The number of carbonyl (C=O) groups is 2. The van der Waals surface area contributed by atoms with Gasteiger partial charge in [0.25, 0.3) is 5.91 Å². The quantitative estimate of drug-likeness (QED) is 0.888. The number of hydrogen-bond donors (Lipinski definition) is 1. The highest BCUT2D eigenvalue weighted by Crippen LogP contribution is 2.34. The van der Waals surface area contributed by atoms with Crippen molar-refractivity contribution >= 4 is 23.2 Å². The second kappa shape index (κ2) is 6.70. The Kier molecular flexibility index (Phi) is 4.58. The summed E-state index contributed by atoms with van der Waals surface area (Å²) >= 11 is 0. The van der Waals surface area contributed by atoms with E-state index < -0.39 is 23.8 Å². The molecule has 0 spiro atoms. The van der Waals surface area contributed by atoms with Gasteiger partial charge in [0.15, 0.2) is 6.10 Å². The SMILES string of the molecule is CC(=O)N1C[C@H](C(=O)Nc2cccc(C(F)(F)F)c2)Oc2ccccc21. The molecule has 1 aliphatic rings. The van der Waals surface area contributed by atoms with Crippen LogP contribution < -0.4 is 15.0 Å². The third kappa shape index (κ3) is 3.63. The Labute approximate surface area is 147 Å². The molecule has 0 fully saturated rings. The third-order valence-corrected chi connectivity index (χ3v) is 3.90. The third-order valence-electron chi connectivity index (χ3n) is 3.90. The molecule has 0 radical (unpaired) electrons. The van der Waals surface area contributed by atoms with Crippen molar-refractivity contribution in [3.8, 4) is 5.75 Å². The van der Waals surface area contributed by atoms with Gasteiger partial charge in [0, 0.05) is 12.6 Å². The standard InChI is InChI=1S/C18H15F3N2O3/c1-11(24)23-10-16(26-15-8-3-2-7-14(15)23)17(25)22-13-6-4-5-12(9-13)18(19,20)21/h2-9,16H,10H2,1H3,(H,22,25)/t16-/m1/s1. The molecule has 2 aromatic rings. The summed E-state index contributed by atoms with van der Waals surface area (Å²) in [7, 11) is 0. The fourth-order valence-electron chi connectivity index (χ4n) is 2.67. The van der Waals surface area contributed by atoms with Crippen LogP contribution in [0.5, 0.6) is 5.75 Å². The van der Waals surface area contributed by atoms with Crippen molar-refractivity contribution in [2.24, 2.45) is 0 Å². The van der Waals surface area contributed by atoms with Crippen molar-refractivity contribution in [1.82, 2.24) is 0 Å². The topological polar surface area (TPSA) is 58.6 Å². The minimum atomic E-state index is -4.51. The van der Waals surface area contributed by atoms with Crippen molar-refractivity contribution in [3.05, 3.63) is 54.1 Å². The van der Waals surface area contributed by atoms with E-state index in [-0.39, 0.29) is 18.1 Å². The Balaban J connectivity index is 1.80. The molecule has 0 aliphatic carbocycles. The molecule has 26 heavy (non-hydrogen) atoms. The first-order valence-electron chi connectivity index (χ1n) is 7.77. The van der Waals surface area contributed by atoms with Gasteiger partial charge in [0.2, 0.25) is 5.91 Å². The van der Waals surface area contributed by atoms with Gasteiger partial charge in [-0.05, 0) is 30.3 Å². The van der Waals surface area contributed by atoms with Gasteiger partial charge in [-0.2, -0.15) is 13.2 Å². The summed E-state index contributed by atoms with van der Waals surface area (Å²) in [6.45, 7) is 1.33. The van der Waals surface area contributed by atoms with E-state index in [1.807, 2.05) is 0 Å². The Hall–Kier alpha value is -3.03. The van der Waals surface area contributed by atoms with Crippen LogP contribution in [0.25, 0.3) is 0 Å². The maximum Gasteiger partial charge on any atom is 0.416 e. The average Bonchev–Trinajstić information content (AvgIpc) is 2.60. The van der Waals surface area contributed by atoms with Gasteiger partial charge in [0.05, 0.1) is 17.8 Å². The van der Waals surface area contributed by atoms with Crippen LogP contribution in [-0.2, 0) is 15.8 Å². The Morgan fingerprint density at radius 1 is 1.15 bits per heavy atom. The summed E-state index contributed by atoms with van der Waals surface area (Å²) in [4.78, 5) is 25.7. The van der Waals surface area contributed by atoms with E-state index in [1.54, 1.807) is 24.3 Å². The number of para-hydroxylation sites is 2. The smallest absolute Gasteiger partial charge is 0.416 e. The van der Waals surface area contributed by atoms with Crippen molar-refractivity contribution in [1.29, 1.82) is 0 Å². The fourth-order valence-corrected chi connectivity index (χ4v) is 2.67. The number of hydrogen-bond acceptors (Lipinski definition) is 3. The van der Waals surface area contributed by atoms with Crippen LogP contribution in [0.4, 0.5) is 24.5 Å². The van der Waals surface area contributed by atoms with E-state index in [0.29, 0.717) is 11.4 Å². The summed E-state index contributed by atoms with van der Waals surface area (Å²) in [5.74, 6) is -0.541. The molecule has 1 atom stereocenters. The molecule has 2 aromatic carbocycles. The molecular weight excluding hydrogens is 349 g/mol. The maximum atomic E-state index is 12.8. The van der Waals surface area contributed by atoms with Gasteiger partial charge < -0.3 is 15.0 Å². The molecule has 1 N–H and O–H groups in total. The van der Waals surface area contributed by atoms with Gasteiger partial charge in [-0.1, -0.05) is 18.2 Å². The highest BCUT2D eigenvalue weighted by molar-refractivity contribution is 5.99. The van der Waals surface area contributed by atoms with Gasteiger partial charge in [-0.3, -0.25) is 9.59 Å². The summed E-state index contributed by atoms with van der Waals surface area (Å²) in [6.07, 6.45) is -5.55. The number of benzene rings is 2. The van der Waals surface area contributed by atoms with E-state index in [2.05, 4.69) is 5.32 Å². The van der Waals surface area contributed by atoms with Gasteiger partial charge >= 0.3 is 6.18 Å². The number of ether oxygens (including phenoxy) is 1.